The molecule has 0 aliphatic carbocycles. The molecule has 0 amide bonds. The van der Waals surface area contributed by atoms with Gasteiger partial charge in [0.05, 0.1) is 6.10 Å². The largest absolute Gasteiger partial charge is 0.378 e. The van der Waals surface area contributed by atoms with Crippen molar-refractivity contribution in [2.75, 3.05) is 18.1 Å². The summed E-state index contributed by atoms with van der Waals surface area (Å²) in [5.41, 5.74) is 1.17. The van der Waals surface area contributed by atoms with Crippen molar-refractivity contribution in [3.05, 3.63) is 0 Å². The minimum absolute atomic E-state index is 0.296. The minimum Gasteiger partial charge on any atom is -0.378 e. The Kier molecular flexibility index (Phi) is 18.3. The summed E-state index contributed by atoms with van der Waals surface area (Å²) in [4.78, 5) is 10.5. The van der Waals surface area contributed by atoms with Crippen molar-refractivity contribution in [3.63, 3.8) is 0 Å². The second kappa shape index (κ2) is 16.9. The molecule has 0 bridgehead atoms. The zero-order valence-corrected chi connectivity index (χ0v) is 23.9. The second-order valence-electron chi connectivity index (χ2n) is 11.9. The summed E-state index contributed by atoms with van der Waals surface area (Å²) < 4.78 is 5.64. The van der Waals surface area contributed by atoms with Crippen LogP contribution in [0.2, 0.25) is 0 Å². The lowest BCUT2D eigenvalue weighted by atomic mass is 9.85. The maximum absolute atomic E-state index is 10.5. The van der Waals surface area contributed by atoms with Crippen LogP contribution in [0.3, 0.4) is 0 Å². The van der Waals surface area contributed by atoms with Crippen LogP contribution in [0.4, 0.5) is 0 Å². The molecule has 1 aliphatic heterocycles. The summed E-state index contributed by atoms with van der Waals surface area (Å²) >= 11 is 0. The molecule has 1 aliphatic rings. The summed E-state index contributed by atoms with van der Waals surface area (Å²) in [5, 5.41) is 0. The number of ketones is 1. The van der Waals surface area contributed by atoms with E-state index < -0.39 is 0 Å². The van der Waals surface area contributed by atoms with E-state index in [0.29, 0.717) is 28.1 Å². The molecule has 2 nitrogen and oxygen atoms in total. The van der Waals surface area contributed by atoms with Crippen molar-refractivity contribution in [3.8, 4) is 0 Å². The number of hydrogen-bond acceptors (Lipinski definition) is 4. The Labute approximate surface area is 198 Å². The molecule has 1 heterocycles. The smallest absolute Gasteiger partial charge is 0.129 e. The average molecular weight is 463 g/mol. The summed E-state index contributed by atoms with van der Waals surface area (Å²) in [6.07, 6.45) is 8.71. The third kappa shape index (κ3) is 26.4. The predicted molar refractivity (Wildman–Crippen MR) is 142 cm³/mol. The first-order valence-corrected chi connectivity index (χ1v) is 14.4. The molecular weight excluding hydrogens is 408 g/mol. The number of carbonyl (C=O) groups excluding carboxylic acids is 1. The van der Waals surface area contributed by atoms with Gasteiger partial charge in [-0.25, -0.2) is 0 Å². The van der Waals surface area contributed by atoms with Gasteiger partial charge in [0.2, 0.25) is 0 Å². The molecule has 1 unspecified atom stereocenters. The van der Waals surface area contributed by atoms with Crippen LogP contribution in [0, 0.1) is 16.2 Å². The molecule has 1 saturated heterocycles. The van der Waals surface area contributed by atoms with Crippen molar-refractivity contribution in [1.82, 2.24) is 0 Å². The summed E-state index contributed by atoms with van der Waals surface area (Å²) in [5.74, 6) is 2.90. The molecule has 1 rings (SSSR count). The maximum Gasteiger partial charge on any atom is 0.129 e. The van der Waals surface area contributed by atoms with Crippen molar-refractivity contribution in [1.29, 1.82) is 0 Å². The van der Waals surface area contributed by atoms with E-state index in [9.17, 15) is 4.79 Å². The SMILES string of the molecule is CC(=O)CCC(C)(C)C.CC(C)(C)C1CCCCO1.CCCSSCCC(C)(C)C. The zero-order valence-electron chi connectivity index (χ0n) is 22.3. The highest BCUT2D eigenvalue weighted by atomic mass is 33.1. The zero-order chi connectivity index (χ0) is 23.8. The lowest BCUT2D eigenvalue weighted by molar-refractivity contribution is -0.117. The fourth-order valence-corrected chi connectivity index (χ4v) is 5.08. The Morgan fingerprint density at radius 3 is 1.70 bits per heavy atom. The quantitative estimate of drug-likeness (QED) is 0.278. The summed E-state index contributed by atoms with van der Waals surface area (Å²) in [6.45, 7) is 25.0. The van der Waals surface area contributed by atoms with Gasteiger partial charge in [0, 0.05) is 24.5 Å². The predicted octanol–water partition coefficient (Wildman–Crippen LogP) is 9.22. The van der Waals surface area contributed by atoms with Crippen LogP contribution in [0.5, 0.6) is 0 Å². The first-order valence-electron chi connectivity index (χ1n) is 11.9. The first kappa shape index (κ1) is 32.5. The molecule has 0 spiro atoms. The van der Waals surface area contributed by atoms with Gasteiger partial charge >= 0.3 is 0 Å². The van der Waals surface area contributed by atoms with Gasteiger partial charge in [-0.15, -0.1) is 0 Å². The van der Waals surface area contributed by atoms with Gasteiger partial charge in [0.1, 0.15) is 5.78 Å². The van der Waals surface area contributed by atoms with E-state index in [2.05, 4.69) is 69.2 Å². The van der Waals surface area contributed by atoms with Crippen LogP contribution in [-0.2, 0) is 9.53 Å². The summed E-state index contributed by atoms with van der Waals surface area (Å²) in [6, 6.07) is 0. The summed E-state index contributed by atoms with van der Waals surface area (Å²) in [7, 11) is 4.03. The van der Waals surface area contributed by atoms with Gasteiger partial charge in [-0.3, -0.25) is 0 Å². The molecular formula is C26H54O2S2. The molecule has 0 radical (unpaired) electrons. The molecule has 0 aromatic carbocycles. The van der Waals surface area contributed by atoms with Crippen LogP contribution >= 0.6 is 21.6 Å². The number of Topliss-reactive ketones (excluding diaryl/α,β-unsaturated/α-hetero) is 1. The Hall–Kier alpha value is 0.330. The molecule has 0 aromatic heterocycles. The monoisotopic (exact) mass is 462 g/mol. The molecule has 0 aromatic rings. The van der Waals surface area contributed by atoms with Crippen molar-refractivity contribution < 1.29 is 9.53 Å². The van der Waals surface area contributed by atoms with Crippen LogP contribution in [0.15, 0.2) is 0 Å². The van der Waals surface area contributed by atoms with Crippen molar-refractivity contribution in [2.24, 2.45) is 16.2 Å². The topological polar surface area (TPSA) is 26.3 Å². The standard InChI is InChI=1S/C9H18O.C9H20S2.C8H16O/c1-9(2,3)8-6-4-5-7-10-8;1-5-7-10-11-8-6-9(2,3)4;1-7(9)5-6-8(2,3)4/h8H,4-7H2,1-3H3;5-8H2,1-4H3;5-6H2,1-4H3. The van der Waals surface area contributed by atoms with Crippen molar-refractivity contribution >= 4 is 27.4 Å². The minimum atomic E-state index is 0.296. The van der Waals surface area contributed by atoms with Crippen LogP contribution < -0.4 is 0 Å². The molecule has 0 saturated carbocycles. The normalized spacial score (nSPS) is 17.4. The van der Waals surface area contributed by atoms with Crippen LogP contribution in [0.1, 0.15) is 121 Å². The number of hydrogen-bond donors (Lipinski definition) is 0. The van der Waals surface area contributed by atoms with E-state index in [1.165, 1.54) is 43.6 Å². The lowest BCUT2D eigenvalue weighted by Crippen LogP contribution is -2.32. The lowest BCUT2D eigenvalue weighted by Gasteiger charge is -2.33. The average Bonchev–Trinajstić information content (AvgIpc) is 2.59. The Bertz CT molecular complexity index is 408. The van der Waals surface area contributed by atoms with E-state index in [4.69, 9.17) is 4.74 Å². The van der Waals surface area contributed by atoms with E-state index in [-0.39, 0.29) is 0 Å². The van der Waals surface area contributed by atoms with Crippen LogP contribution in [-0.4, -0.2) is 30.0 Å². The highest BCUT2D eigenvalue weighted by Crippen LogP contribution is 2.29. The number of carbonyl (C=O) groups is 1. The van der Waals surface area contributed by atoms with Gasteiger partial charge < -0.3 is 9.53 Å². The van der Waals surface area contributed by atoms with Gasteiger partial charge in [-0.1, -0.05) is 90.8 Å². The molecule has 1 atom stereocenters. The molecule has 182 valence electrons. The van der Waals surface area contributed by atoms with Gasteiger partial charge in [-0.05, 0) is 61.7 Å². The van der Waals surface area contributed by atoms with E-state index in [0.717, 1.165) is 19.4 Å². The van der Waals surface area contributed by atoms with Gasteiger partial charge in [-0.2, -0.15) is 0 Å². The third-order valence-electron chi connectivity index (χ3n) is 4.68. The molecule has 30 heavy (non-hydrogen) atoms. The third-order valence-corrected chi connectivity index (χ3v) is 7.29. The highest BCUT2D eigenvalue weighted by Gasteiger charge is 2.26. The Morgan fingerprint density at radius 1 is 0.867 bits per heavy atom. The molecule has 1 fully saturated rings. The van der Waals surface area contributed by atoms with Crippen LogP contribution in [0.25, 0.3) is 0 Å². The van der Waals surface area contributed by atoms with E-state index >= 15 is 0 Å². The fraction of sp³-hybridized carbons (Fsp3) is 0.962. The maximum atomic E-state index is 10.5. The Morgan fingerprint density at radius 2 is 1.40 bits per heavy atom. The fourth-order valence-electron chi connectivity index (χ4n) is 2.52. The number of ether oxygens (including phenoxy) is 1. The van der Waals surface area contributed by atoms with Gasteiger partial charge in [0.25, 0.3) is 0 Å². The first-order chi connectivity index (χ1) is 13.6. The highest BCUT2D eigenvalue weighted by molar-refractivity contribution is 8.76. The number of rotatable bonds is 7. The van der Waals surface area contributed by atoms with Gasteiger partial charge in [0.15, 0.2) is 0 Å². The van der Waals surface area contributed by atoms with E-state index in [1.807, 2.05) is 21.6 Å². The Balaban J connectivity index is 0. The van der Waals surface area contributed by atoms with E-state index in [1.54, 1.807) is 6.92 Å². The molecule has 0 N–H and O–H groups in total. The second-order valence-corrected chi connectivity index (χ2v) is 14.6. The van der Waals surface area contributed by atoms with Crippen molar-refractivity contribution in [2.45, 2.75) is 127 Å². The molecule has 4 heteroatoms.